The summed E-state index contributed by atoms with van der Waals surface area (Å²) in [5.41, 5.74) is 0.842. The topological polar surface area (TPSA) is 42.4 Å². The first kappa shape index (κ1) is 11.7. The predicted molar refractivity (Wildman–Crippen MR) is 67.0 cm³/mol. The van der Waals surface area contributed by atoms with Crippen molar-refractivity contribution in [2.75, 3.05) is 13.1 Å². The summed E-state index contributed by atoms with van der Waals surface area (Å²) < 4.78 is 5.81. The van der Waals surface area contributed by atoms with Crippen molar-refractivity contribution < 1.29 is 9.53 Å². The van der Waals surface area contributed by atoms with Gasteiger partial charge in [-0.2, -0.15) is 0 Å². The van der Waals surface area contributed by atoms with Gasteiger partial charge >= 0.3 is 0 Å². The minimum atomic E-state index is 0.166. The molecule has 96 valence electrons. The van der Waals surface area contributed by atoms with Crippen molar-refractivity contribution in [3.63, 3.8) is 0 Å². The number of carbonyl (C=O) groups is 1. The minimum Gasteiger partial charge on any atom is -0.373 e. The second-order valence-electron chi connectivity index (χ2n) is 5.28. The van der Waals surface area contributed by atoms with E-state index in [1.54, 1.807) is 6.20 Å². The van der Waals surface area contributed by atoms with E-state index in [0.29, 0.717) is 18.4 Å². The number of hydrogen-bond acceptors (Lipinski definition) is 3. The van der Waals surface area contributed by atoms with Gasteiger partial charge in [0, 0.05) is 30.9 Å². The first-order valence-electron chi connectivity index (χ1n) is 6.55. The molecule has 18 heavy (non-hydrogen) atoms. The molecule has 3 atom stereocenters. The maximum atomic E-state index is 12.2. The fourth-order valence-corrected chi connectivity index (χ4v) is 2.98. The van der Waals surface area contributed by atoms with E-state index in [1.807, 2.05) is 23.1 Å². The fourth-order valence-electron chi connectivity index (χ4n) is 2.98. The predicted octanol–water partition coefficient (Wildman–Crippen LogP) is 1.26. The van der Waals surface area contributed by atoms with Crippen molar-refractivity contribution in [3.8, 4) is 0 Å². The van der Waals surface area contributed by atoms with Gasteiger partial charge in [0.25, 0.3) is 0 Å². The van der Waals surface area contributed by atoms with Crippen molar-refractivity contribution in [1.82, 2.24) is 9.88 Å². The molecule has 2 fully saturated rings. The van der Waals surface area contributed by atoms with Crippen LogP contribution in [0.25, 0.3) is 0 Å². The van der Waals surface area contributed by atoms with Crippen LogP contribution in [0.3, 0.4) is 0 Å². The lowest BCUT2D eigenvalue weighted by Crippen LogP contribution is -2.32. The third-order valence-electron chi connectivity index (χ3n) is 3.83. The summed E-state index contributed by atoms with van der Waals surface area (Å²) in [5, 5.41) is 0. The Balaban J connectivity index is 1.59. The molecule has 2 aliphatic heterocycles. The molecule has 0 spiro atoms. The standard InChI is InChI=1S/C14H18N2O2/c1-10-6-11-8-16(9-13(11)18-10)14(17)7-12-4-2-3-5-15-12/h2-5,10-11,13H,6-9H2,1H3/t10-,11+,13-/m1/s1. The summed E-state index contributed by atoms with van der Waals surface area (Å²) in [4.78, 5) is 18.3. The quantitative estimate of drug-likeness (QED) is 0.789. The normalized spacial score (nSPS) is 30.5. The van der Waals surface area contributed by atoms with Gasteiger partial charge in [0.15, 0.2) is 0 Å². The molecule has 0 radical (unpaired) electrons. The van der Waals surface area contributed by atoms with Gasteiger partial charge in [-0.1, -0.05) is 6.07 Å². The molecule has 4 nitrogen and oxygen atoms in total. The Morgan fingerprint density at radius 1 is 1.50 bits per heavy atom. The SMILES string of the molecule is C[C@@H]1C[C@H]2CN(C(=O)Cc3ccccn3)C[C@H]2O1. The molecule has 3 rings (SSSR count). The van der Waals surface area contributed by atoms with E-state index in [2.05, 4.69) is 11.9 Å². The number of likely N-dealkylation sites (tertiary alicyclic amines) is 1. The van der Waals surface area contributed by atoms with Gasteiger partial charge in [-0.15, -0.1) is 0 Å². The zero-order valence-corrected chi connectivity index (χ0v) is 10.6. The molecule has 0 aliphatic carbocycles. The second kappa shape index (κ2) is 4.69. The number of hydrogen-bond donors (Lipinski definition) is 0. The maximum Gasteiger partial charge on any atom is 0.228 e. The van der Waals surface area contributed by atoms with E-state index in [4.69, 9.17) is 4.74 Å². The number of aromatic nitrogens is 1. The highest BCUT2D eigenvalue weighted by Gasteiger charge is 2.41. The number of pyridine rings is 1. The number of fused-ring (bicyclic) bond motifs is 1. The Hall–Kier alpha value is -1.42. The third-order valence-corrected chi connectivity index (χ3v) is 3.83. The fraction of sp³-hybridized carbons (Fsp3) is 0.571. The molecule has 1 aromatic rings. The summed E-state index contributed by atoms with van der Waals surface area (Å²) in [7, 11) is 0. The number of ether oxygens (including phenoxy) is 1. The summed E-state index contributed by atoms with van der Waals surface area (Å²) >= 11 is 0. The van der Waals surface area contributed by atoms with Crippen LogP contribution >= 0.6 is 0 Å². The smallest absolute Gasteiger partial charge is 0.228 e. The zero-order valence-electron chi connectivity index (χ0n) is 10.6. The van der Waals surface area contributed by atoms with E-state index >= 15 is 0 Å². The van der Waals surface area contributed by atoms with Crippen molar-refractivity contribution in [3.05, 3.63) is 30.1 Å². The van der Waals surface area contributed by atoms with Crippen LogP contribution in [0.4, 0.5) is 0 Å². The first-order valence-corrected chi connectivity index (χ1v) is 6.55. The molecule has 0 saturated carbocycles. The van der Waals surface area contributed by atoms with Crippen molar-refractivity contribution in [2.24, 2.45) is 5.92 Å². The summed E-state index contributed by atoms with van der Waals surface area (Å²) in [6.45, 7) is 3.71. The Kier molecular flexibility index (Phi) is 3.04. The molecule has 4 heteroatoms. The Bertz CT molecular complexity index is 421. The van der Waals surface area contributed by atoms with Crippen molar-refractivity contribution in [2.45, 2.75) is 32.0 Å². The molecular formula is C14H18N2O2. The number of rotatable bonds is 2. The van der Waals surface area contributed by atoms with E-state index in [1.165, 1.54) is 0 Å². The summed E-state index contributed by atoms with van der Waals surface area (Å²) in [6, 6.07) is 5.68. The lowest BCUT2D eigenvalue weighted by Gasteiger charge is -2.18. The van der Waals surface area contributed by atoms with Gasteiger partial charge in [-0.05, 0) is 25.5 Å². The van der Waals surface area contributed by atoms with Crippen LogP contribution in [0.1, 0.15) is 19.0 Å². The molecule has 2 saturated heterocycles. The molecule has 0 N–H and O–H groups in total. The van der Waals surface area contributed by atoms with Crippen LogP contribution in [0, 0.1) is 5.92 Å². The number of carbonyl (C=O) groups excluding carboxylic acids is 1. The van der Waals surface area contributed by atoms with Crippen molar-refractivity contribution >= 4 is 5.91 Å². The van der Waals surface area contributed by atoms with E-state index in [0.717, 1.165) is 25.2 Å². The summed E-state index contributed by atoms with van der Waals surface area (Å²) in [5.74, 6) is 0.701. The minimum absolute atomic E-state index is 0.166. The van der Waals surface area contributed by atoms with Crippen LogP contribution in [0.2, 0.25) is 0 Å². The molecule has 1 amide bonds. The summed E-state index contributed by atoms with van der Waals surface area (Å²) in [6.07, 6.45) is 3.82. The van der Waals surface area contributed by atoms with Gasteiger partial charge in [0.05, 0.1) is 18.6 Å². The largest absolute Gasteiger partial charge is 0.373 e. The molecule has 0 unspecified atom stereocenters. The van der Waals surface area contributed by atoms with Gasteiger partial charge in [-0.3, -0.25) is 9.78 Å². The molecule has 2 aliphatic rings. The first-order chi connectivity index (χ1) is 8.72. The number of nitrogens with zero attached hydrogens (tertiary/aromatic N) is 2. The van der Waals surface area contributed by atoms with Gasteiger partial charge < -0.3 is 9.64 Å². The van der Waals surface area contributed by atoms with E-state index in [9.17, 15) is 4.79 Å². The Labute approximate surface area is 107 Å². The van der Waals surface area contributed by atoms with Crippen molar-refractivity contribution in [1.29, 1.82) is 0 Å². The monoisotopic (exact) mass is 246 g/mol. The molecule has 0 aromatic carbocycles. The lowest BCUT2D eigenvalue weighted by atomic mass is 10.0. The van der Waals surface area contributed by atoms with Gasteiger partial charge in [0.1, 0.15) is 0 Å². The highest BCUT2D eigenvalue weighted by atomic mass is 16.5. The Morgan fingerprint density at radius 2 is 2.39 bits per heavy atom. The molecule has 3 heterocycles. The second-order valence-corrected chi connectivity index (χ2v) is 5.28. The van der Waals surface area contributed by atoms with Crippen LogP contribution in [0.5, 0.6) is 0 Å². The average molecular weight is 246 g/mol. The van der Waals surface area contributed by atoms with Crippen LogP contribution in [0.15, 0.2) is 24.4 Å². The van der Waals surface area contributed by atoms with Gasteiger partial charge in [-0.25, -0.2) is 0 Å². The van der Waals surface area contributed by atoms with Crippen LogP contribution in [-0.4, -0.2) is 41.1 Å². The van der Waals surface area contributed by atoms with E-state index < -0.39 is 0 Å². The maximum absolute atomic E-state index is 12.2. The average Bonchev–Trinajstić information content (AvgIpc) is 2.87. The number of amides is 1. The highest BCUT2D eigenvalue weighted by Crippen LogP contribution is 2.32. The Morgan fingerprint density at radius 3 is 3.11 bits per heavy atom. The molecule has 0 bridgehead atoms. The lowest BCUT2D eigenvalue weighted by molar-refractivity contribution is -0.130. The third kappa shape index (κ3) is 2.25. The zero-order chi connectivity index (χ0) is 12.5. The van der Waals surface area contributed by atoms with Crippen LogP contribution < -0.4 is 0 Å². The van der Waals surface area contributed by atoms with Crippen LogP contribution in [-0.2, 0) is 16.0 Å². The highest BCUT2D eigenvalue weighted by molar-refractivity contribution is 5.78. The van der Waals surface area contributed by atoms with E-state index in [-0.39, 0.29) is 12.0 Å². The molecule has 1 aromatic heterocycles. The van der Waals surface area contributed by atoms with Gasteiger partial charge in [0.2, 0.25) is 5.91 Å². The molecular weight excluding hydrogens is 228 g/mol.